The van der Waals surface area contributed by atoms with Gasteiger partial charge in [0.05, 0.1) is 10.5 Å². The summed E-state index contributed by atoms with van der Waals surface area (Å²) in [6.45, 7) is 2.27. The van der Waals surface area contributed by atoms with E-state index in [9.17, 15) is 18.3 Å². The topological polar surface area (TPSA) is 101 Å². The molecule has 1 aliphatic rings. The molecule has 110 valence electrons. The number of sulfonamides is 1. The Morgan fingerprint density at radius 1 is 1.40 bits per heavy atom. The average Bonchev–Trinajstić information content (AvgIpc) is 2.38. The van der Waals surface area contributed by atoms with Crippen molar-refractivity contribution in [2.45, 2.75) is 37.1 Å². The zero-order valence-corrected chi connectivity index (χ0v) is 12.1. The third-order valence-corrected chi connectivity index (χ3v) is 5.63. The molecule has 3 N–H and O–H groups in total. The smallest absolute Gasteiger partial charge is 0.337 e. The lowest BCUT2D eigenvalue weighted by Crippen LogP contribution is -2.42. The van der Waals surface area contributed by atoms with Crippen LogP contribution in [0.2, 0.25) is 0 Å². The van der Waals surface area contributed by atoms with Gasteiger partial charge in [-0.1, -0.05) is 6.42 Å². The van der Waals surface area contributed by atoms with Crippen LogP contribution in [0, 0.1) is 0 Å². The second-order valence-corrected chi connectivity index (χ2v) is 6.88. The first-order valence-corrected chi connectivity index (χ1v) is 7.92. The van der Waals surface area contributed by atoms with Crippen LogP contribution in [0.5, 0.6) is 0 Å². The first-order valence-electron chi connectivity index (χ1n) is 6.48. The number of carboxylic acid groups (broad SMARTS) is 1. The summed E-state index contributed by atoms with van der Waals surface area (Å²) >= 11 is 0. The highest BCUT2D eigenvalue weighted by molar-refractivity contribution is 7.89. The van der Waals surface area contributed by atoms with Gasteiger partial charge < -0.3 is 10.8 Å². The Balaban J connectivity index is 2.51. The Labute approximate surface area is 118 Å². The molecule has 1 heterocycles. The van der Waals surface area contributed by atoms with Crippen LogP contribution in [0.3, 0.4) is 0 Å². The van der Waals surface area contributed by atoms with E-state index in [1.165, 1.54) is 22.5 Å². The van der Waals surface area contributed by atoms with Crippen molar-refractivity contribution in [3.63, 3.8) is 0 Å². The molecule has 2 rings (SSSR count). The van der Waals surface area contributed by atoms with E-state index in [1.807, 2.05) is 6.92 Å². The van der Waals surface area contributed by atoms with Crippen molar-refractivity contribution in [3.8, 4) is 0 Å². The van der Waals surface area contributed by atoms with Crippen molar-refractivity contribution in [1.82, 2.24) is 4.31 Å². The first-order chi connectivity index (χ1) is 9.34. The maximum absolute atomic E-state index is 12.7. The third kappa shape index (κ3) is 2.64. The minimum atomic E-state index is -3.81. The summed E-state index contributed by atoms with van der Waals surface area (Å²) < 4.78 is 26.7. The van der Waals surface area contributed by atoms with E-state index in [0.717, 1.165) is 19.3 Å². The lowest BCUT2D eigenvalue weighted by molar-refractivity contribution is 0.0692. The van der Waals surface area contributed by atoms with Gasteiger partial charge in [-0.25, -0.2) is 13.2 Å². The molecule has 1 aliphatic heterocycles. The van der Waals surface area contributed by atoms with Crippen LogP contribution in [-0.2, 0) is 10.0 Å². The lowest BCUT2D eigenvalue weighted by Gasteiger charge is -2.32. The molecular formula is C13H18N2O4S. The Kier molecular flexibility index (Phi) is 4.01. The molecule has 0 aliphatic carbocycles. The molecule has 1 aromatic rings. The van der Waals surface area contributed by atoms with Crippen LogP contribution < -0.4 is 5.73 Å². The molecule has 0 bridgehead atoms. The molecular weight excluding hydrogens is 280 g/mol. The zero-order valence-electron chi connectivity index (χ0n) is 11.2. The van der Waals surface area contributed by atoms with Gasteiger partial charge in [-0.2, -0.15) is 4.31 Å². The summed E-state index contributed by atoms with van der Waals surface area (Å²) in [5.41, 5.74) is 5.50. The van der Waals surface area contributed by atoms with Crippen molar-refractivity contribution < 1.29 is 18.3 Å². The summed E-state index contributed by atoms with van der Waals surface area (Å²) in [7, 11) is -3.81. The van der Waals surface area contributed by atoms with E-state index in [4.69, 9.17) is 5.73 Å². The molecule has 0 radical (unpaired) electrons. The van der Waals surface area contributed by atoms with Crippen LogP contribution in [0.25, 0.3) is 0 Å². The van der Waals surface area contributed by atoms with Crippen LogP contribution in [0.15, 0.2) is 23.1 Å². The largest absolute Gasteiger partial charge is 0.478 e. The van der Waals surface area contributed by atoms with Crippen molar-refractivity contribution in [3.05, 3.63) is 23.8 Å². The van der Waals surface area contributed by atoms with E-state index in [0.29, 0.717) is 6.54 Å². The fourth-order valence-corrected chi connectivity index (χ4v) is 4.36. The second-order valence-electron chi connectivity index (χ2n) is 5.02. The standard InChI is InChI=1S/C13H18N2O4S/c1-9-4-2-3-7-15(9)20(18,19)12-6-5-10(14)8-11(12)13(16)17/h5-6,8-9H,2-4,7,14H2,1H3,(H,16,17). The van der Waals surface area contributed by atoms with Gasteiger partial charge in [-0.3, -0.25) is 0 Å². The maximum atomic E-state index is 12.7. The Bertz CT molecular complexity index is 627. The highest BCUT2D eigenvalue weighted by Gasteiger charge is 2.33. The predicted molar refractivity (Wildman–Crippen MR) is 75.0 cm³/mol. The van der Waals surface area contributed by atoms with Gasteiger partial charge >= 0.3 is 5.97 Å². The van der Waals surface area contributed by atoms with Gasteiger partial charge in [0.15, 0.2) is 0 Å². The number of nitrogens with two attached hydrogens (primary N) is 1. The van der Waals surface area contributed by atoms with Crippen molar-refractivity contribution in [2.75, 3.05) is 12.3 Å². The fourth-order valence-electron chi connectivity index (χ4n) is 2.49. The van der Waals surface area contributed by atoms with Crippen LogP contribution in [0.1, 0.15) is 36.5 Å². The number of carboxylic acids is 1. The Morgan fingerprint density at radius 3 is 2.70 bits per heavy atom. The molecule has 20 heavy (non-hydrogen) atoms. The second kappa shape index (κ2) is 5.41. The molecule has 1 fully saturated rings. The van der Waals surface area contributed by atoms with E-state index in [1.54, 1.807) is 0 Å². The Hall–Kier alpha value is -1.60. The molecule has 7 heteroatoms. The fraction of sp³-hybridized carbons (Fsp3) is 0.462. The summed E-state index contributed by atoms with van der Waals surface area (Å²) in [5.74, 6) is -1.29. The van der Waals surface area contributed by atoms with Crippen molar-refractivity contribution >= 4 is 21.7 Å². The number of piperidine rings is 1. The van der Waals surface area contributed by atoms with Gasteiger partial charge in [0.2, 0.25) is 10.0 Å². The SMILES string of the molecule is CC1CCCCN1S(=O)(=O)c1ccc(N)cc1C(=O)O. The van der Waals surface area contributed by atoms with Gasteiger partial charge in [0.1, 0.15) is 0 Å². The zero-order chi connectivity index (χ0) is 14.9. The number of anilines is 1. The highest BCUT2D eigenvalue weighted by Crippen LogP contribution is 2.28. The third-order valence-electron chi connectivity index (χ3n) is 3.56. The summed E-state index contributed by atoms with van der Waals surface area (Å²) in [4.78, 5) is 11.1. The van der Waals surface area contributed by atoms with Crippen LogP contribution >= 0.6 is 0 Å². The van der Waals surface area contributed by atoms with Gasteiger partial charge in [0, 0.05) is 18.3 Å². The number of aromatic carboxylic acids is 1. The number of nitrogens with zero attached hydrogens (tertiary/aromatic N) is 1. The van der Waals surface area contributed by atoms with Gasteiger partial charge in [-0.15, -0.1) is 0 Å². The average molecular weight is 298 g/mol. The number of carbonyl (C=O) groups is 1. The predicted octanol–water partition coefficient (Wildman–Crippen LogP) is 1.53. The normalized spacial score (nSPS) is 20.8. The lowest BCUT2D eigenvalue weighted by atomic mass is 10.1. The quantitative estimate of drug-likeness (QED) is 0.824. The number of nitrogen functional groups attached to an aromatic ring is 1. The van der Waals surface area contributed by atoms with Gasteiger partial charge in [-0.05, 0) is 38.0 Å². The molecule has 0 saturated carbocycles. The minimum Gasteiger partial charge on any atom is -0.478 e. The van der Waals surface area contributed by atoms with Crippen molar-refractivity contribution in [2.24, 2.45) is 0 Å². The number of hydrogen-bond donors (Lipinski definition) is 2. The first kappa shape index (κ1) is 14.8. The molecule has 1 aromatic carbocycles. The number of hydrogen-bond acceptors (Lipinski definition) is 4. The van der Waals surface area contributed by atoms with Crippen molar-refractivity contribution in [1.29, 1.82) is 0 Å². The molecule has 0 amide bonds. The molecule has 0 spiro atoms. The monoisotopic (exact) mass is 298 g/mol. The summed E-state index contributed by atoms with van der Waals surface area (Å²) in [6.07, 6.45) is 2.57. The summed E-state index contributed by atoms with van der Waals surface area (Å²) in [6, 6.07) is 3.75. The molecule has 0 aromatic heterocycles. The van der Waals surface area contributed by atoms with Crippen LogP contribution in [0.4, 0.5) is 5.69 Å². The van der Waals surface area contributed by atoms with E-state index >= 15 is 0 Å². The molecule has 1 atom stereocenters. The van der Waals surface area contributed by atoms with E-state index in [-0.39, 0.29) is 22.2 Å². The minimum absolute atomic E-state index is 0.118. The summed E-state index contributed by atoms with van der Waals surface area (Å²) in [5, 5.41) is 9.18. The Morgan fingerprint density at radius 2 is 2.10 bits per heavy atom. The van der Waals surface area contributed by atoms with Gasteiger partial charge in [0.25, 0.3) is 0 Å². The molecule has 1 unspecified atom stereocenters. The van der Waals surface area contributed by atoms with E-state index < -0.39 is 16.0 Å². The number of benzene rings is 1. The highest BCUT2D eigenvalue weighted by atomic mass is 32.2. The molecule has 6 nitrogen and oxygen atoms in total. The maximum Gasteiger partial charge on any atom is 0.337 e. The van der Waals surface area contributed by atoms with Crippen LogP contribution in [-0.4, -0.2) is 36.4 Å². The number of rotatable bonds is 3. The molecule has 1 saturated heterocycles. The van der Waals surface area contributed by atoms with E-state index in [2.05, 4.69) is 0 Å².